The maximum Gasteiger partial charge on any atom is 0.0717 e. The molecule has 0 heterocycles. The van der Waals surface area contributed by atoms with Crippen LogP contribution in [0.1, 0.15) is 32.3 Å². The van der Waals surface area contributed by atoms with Gasteiger partial charge in [-0.1, -0.05) is 32.4 Å². The predicted molar refractivity (Wildman–Crippen MR) is 64.6 cm³/mol. The van der Waals surface area contributed by atoms with E-state index in [1.807, 2.05) is 24.3 Å². The lowest BCUT2D eigenvalue weighted by atomic mass is 10.1. The first-order chi connectivity index (χ1) is 7.22. The minimum absolute atomic E-state index is 0.656. The zero-order chi connectivity index (χ0) is 11.1. The largest absolute Gasteiger partial charge is 0.399 e. The molecule has 1 rings (SSSR count). The van der Waals surface area contributed by atoms with Gasteiger partial charge in [0.05, 0.1) is 6.61 Å². The van der Waals surface area contributed by atoms with Gasteiger partial charge in [-0.3, -0.25) is 0 Å². The molecule has 0 aliphatic rings. The van der Waals surface area contributed by atoms with E-state index < -0.39 is 0 Å². The fraction of sp³-hybridized carbons (Fsp3) is 0.538. The van der Waals surface area contributed by atoms with Crippen LogP contribution < -0.4 is 5.73 Å². The molecule has 15 heavy (non-hydrogen) atoms. The van der Waals surface area contributed by atoms with Crippen molar-refractivity contribution < 1.29 is 4.74 Å². The molecule has 0 radical (unpaired) electrons. The Hall–Kier alpha value is -1.02. The van der Waals surface area contributed by atoms with Gasteiger partial charge in [0.2, 0.25) is 0 Å². The molecule has 1 aromatic rings. The van der Waals surface area contributed by atoms with Crippen molar-refractivity contribution in [3.05, 3.63) is 29.8 Å². The monoisotopic (exact) mass is 207 g/mol. The van der Waals surface area contributed by atoms with Crippen molar-refractivity contribution in [2.24, 2.45) is 5.92 Å². The Kier molecular flexibility index (Phi) is 5.19. The maximum absolute atomic E-state index is 5.63. The fourth-order valence-electron chi connectivity index (χ4n) is 1.57. The van der Waals surface area contributed by atoms with Crippen LogP contribution in [0.4, 0.5) is 5.69 Å². The summed E-state index contributed by atoms with van der Waals surface area (Å²) < 4.78 is 5.63. The first-order valence-electron chi connectivity index (χ1n) is 5.64. The molecule has 0 fully saturated rings. The van der Waals surface area contributed by atoms with E-state index in [4.69, 9.17) is 10.5 Å². The minimum atomic E-state index is 0.656. The summed E-state index contributed by atoms with van der Waals surface area (Å²) >= 11 is 0. The number of benzene rings is 1. The molecule has 0 aliphatic carbocycles. The number of hydrogen-bond donors (Lipinski definition) is 1. The fourth-order valence-corrected chi connectivity index (χ4v) is 1.57. The highest BCUT2D eigenvalue weighted by molar-refractivity contribution is 5.39. The van der Waals surface area contributed by atoms with E-state index in [2.05, 4.69) is 13.8 Å². The van der Waals surface area contributed by atoms with Crippen molar-refractivity contribution in [3.63, 3.8) is 0 Å². The summed E-state index contributed by atoms with van der Waals surface area (Å²) in [5.41, 5.74) is 7.59. The molecule has 0 amide bonds. The second-order valence-electron chi connectivity index (χ2n) is 4.15. The van der Waals surface area contributed by atoms with Gasteiger partial charge in [-0.2, -0.15) is 0 Å². The summed E-state index contributed by atoms with van der Waals surface area (Å²) in [5.74, 6) is 0.656. The molecule has 2 N–H and O–H groups in total. The van der Waals surface area contributed by atoms with Crippen molar-refractivity contribution in [2.45, 2.75) is 33.3 Å². The van der Waals surface area contributed by atoms with E-state index in [1.165, 1.54) is 18.4 Å². The summed E-state index contributed by atoms with van der Waals surface area (Å²) in [6.45, 7) is 5.97. The van der Waals surface area contributed by atoms with E-state index >= 15 is 0 Å². The topological polar surface area (TPSA) is 35.2 Å². The van der Waals surface area contributed by atoms with Crippen LogP contribution in [0.2, 0.25) is 0 Å². The zero-order valence-electron chi connectivity index (χ0n) is 9.70. The molecule has 1 unspecified atom stereocenters. The van der Waals surface area contributed by atoms with Gasteiger partial charge < -0.3 is 10.5 Å². The number of hydrogen-bond acceptors (Lipinski definition) is 2. The van der Waals surface area contributed by atoms with Crippen LogP contribution >= 0.6 is 0 Å². The van der Waals surface area contributed by atoms with Gasteiger partial charge in [0.25, 0.3) is 0 Å². The van der Waals surface area contributed by atoms with Crippen LogP contribution in [0, 0.1) is 5.92 Å². The summed E-state index contributed by atoms with van der Waals surface area (Å²) in [5, 5.41) is 0. The molecule has 0 saturated carbocycles. The van der Waals surface area contributed by atoms with Crippen molar-refractivity contribution in [2.75, 3.05) is 12.3 Å². The molecule has 0 bridgehead atoms. The first-order valence-corrected chi connectivity index (χ1v) is 5.64. The van der Waals surface area contributed by atoms with Crippen LogP contribution in [0.25, 0.3) is 0 Å². The maximum atomic E-state index is 5.63. The summed E-state index contributed by atoms with van der Waals surface area (Å²) in [4.78, 5) is 0. The highest BCUT2D eigenvalue weighted by Crippen LogP contribution is 2.09. The van der Waals surface area contributed by atoms with E-state index in [9.17, 15) is 0 Å². The standard InChI is InChI=1S/C13H21NO/c1-3-4-11(2)9-15-10-12-5-7-13(14)8-6-12/h5-8,11H,3-4,9-10,14H2,1-2H3. The third-order valence-corrected chi connectivity index (χ3v) is 2.43. The Morgan fingerprint density at radius 2 is 1.93 bits per heavy atom. The predicted octanol–water partition coefficient (Wildman–Crippen LogP) is 3.22. The summed E-state index contributed by atoms with van der Waals surface area (Å²) in [7, 11) is 0. The molecule has 0 aromatic heterocycles. The van der Waals surface area contributed by atoms with Crippen LogP contribution in [-0.4, -0.2) is 6.61 Å². The van der Waals surface area contributed by atoms with E-state index in [-0.39, 0.29) is 0 Å². The number of nitrogens with two attached hydrogens (primary N) is 1. The van der Waals surface area contributed by atoms with Crippen LogP contribution in [0.5, 0.6) is 0 Å². The minimum Gasteiger partial charge on any atom is -0.399 e. The number of nitrogen functional groups attached to an aromatic ring is 1. The van der Waals surface area contributed by atoms with E-state index in [1.54, 1.807) is 0 Å². The van der Waals surface area contributed by atoms with Gasteiger partial charge in [0, 0.05) is 12.3 Å². The average molecular weight is 207 g/mol. The normalized spacial score (nSPS) is 12.7. The van der Waals surface area contributed by atoms with Gasteiger partial charge >= 0.3 is 0 Å². The Balaban J connectivity index is 2.22. The molecular formula is C13H21NO. The Bertz CT molecular complexity index is 268. The van der Waals surface area contributed by atoms with Crippen molar-refractivity contribution in [1.29, 1.82) is 0 Å². The Morgan fingerprint density at radius 1 is 1.27 bits per heavy atom. The molecule has 84 valence electrons. The quantitative estimate of drug-likeness (QED) is 0.727. The van der Waals surface area contributed by atoms with Gasteiger partial charge in [-0.05, 0) is 30.0 Å². The van der Waals surface area contributed by atoms with Crippen molar-refractivity contribution >= 4 is 5.69 Å². The average Bonchev–Trinajstić information content (AvgIpc) is 2.21. The lowest BCUT2D eigenvalue weighted by molar-refractivity contribution is 0.0893. The molecule has 1 aromatic carbocycles. The van der Waals surface area contributed by atoms with Crippen LogP contribution in [0.3, 0.4) is 0 Å². The van der Waals surface area contributed by atoms with Gasteiger partial charge in [0.1, 0.15) is 0 Å². The van der Waals surface area contributed by atoms with Gasteiger partial charge in [0.15, 0.2) is 0 Å². The molecule has 2 heteroatoms. The highest BCUT2D eigenvalue weighted by Gasteiger charge is 2.00. The number of ether oxygens (including phenoxy) is 1. The summed E-state index contributed by atoms with van der Waals surface area (Å²) in [6, 6.07) is 7.85. The van der Waals surface area contributed by atoms with E-state index in [0.717, 1.165) is 12.3 Å². The smallest absolute Gasteiger partial charge is 0.0717 e. The molecule has 1 atom stereocenters. The molecular weight excluding hydrogens is 186 g/mol. The van der Waals surface area contributed by atoms with E-state index in [0.29, 0.717) is 12.5 Å². The molecule has 0 aliphatic heterocycles. The molecule has 2 nitrogen and oxygen atoms in total. The molecule has 0 spiro atoms. The first kappa shape index (κ1) is 12.1. The Morgan fingerprint density at radius 3 is 2.53 bits per heavy atom. The highest BCUT2D eigenvalue weighted by atomic mass is 16.5. The summed E-state index contributed by atoms with van der Waals surface area (Å²) in [6.07, 6.45) is 2.47. The SMILES string of the molecule is CCCC(C)COCc1ccc(N)cc1. The zero-order valence-corrected chi connectivity index (χ0v) is 9.70. The third kappa shape index (κ3) is 4.84. The van der Waals surface area contributed by atoms with Crippen molar-refractivity contribution in [1.82, 2.24) is 0 Å². The second kappa shape index (κ2) is 6.46. The lowest BCUT2D eigenvalue weighted by Gasteiger charge is -2.10. The second-order valence-corrected chi connectivity index (χ2v) is 4.15. The van der Waals surface area contributed by atoms with Crippen LogP contribution in [0.15, 0.2) is 24.3 Å². The van der Waals surface area contributed by atoms with Gasteiger partial charge in [-0.25, -0.2) is 0 Å². The number of anilines is 1. The van der Waals surface area contributed by atoms with Gasteiger partial charge in [-0.15, -0.1) is 0 Å². The Labute approximate surface area is 92.4 Å². The molecule has 0 saturated heterocycles. The number of rotatable bonds is 6. The van der Waals surface area contributed by atoms with Crippen molar-refractivity contribution in [3.8, 4) is 0 Å². The third-order valence-electron chi connectivity index (χ3n) is 2.43. The van der Waals surface area contributed by atoms with Crippen LogP contribution in [-0.2, 0) is 11.3 Å². The lowest BCUT2D eigenvalue weighted by Crippen LogP contribution is -2.05.